The summed E-state index contributed by atoms with van der Waals surface area (Å²) in [4.78, 5) is 11.0. The highest BCUT2D eigenvalue weighted by Crippen LogP contribution is 2.35. The molecule has 7 heteroatoms. The fourth-order valence-electron chi connectivity index (χ4n) is 4.30. The van der Waals surface area contributed by atoms with Crippen molar-refractivity contribution >= 4 is 16.9 Å². The predicted molar refractivity (Wildman–Crippen MR) is 131 cm³/mol. The molecule has 166 valence electrons. The van der Waals surface area contributed by atoms with Gasteiger partial charge in [0, 0.05) is 24.4 Å². The monoisotopic (exact) mass is 438 g/mol. The highest BCUT2D eigenvalue weighted by molar-refractivity contribution is 5.98. The van der Waals surface area contributed by atoms with Gasteiger partial charge in [0.05, 0.1) is 11.4 Å². The number of hydrogen-bond donors (Lipinski definition) is 1. The Kier molecular flexibility index (Phi) is 5.52. The second-order valence-corrected chi connectivity index (χ2v) is 8.13. The molecular weight excluding hydrogens is 412 g/mol. The Morgan fingerprint density at radius 2 is 1.82 bits per heavy atom. The Morgan fingerprint density at radius 1 is 1.06 bits per heavy atom. The molecule has 0 bridgehead atoms. The fourth-order valence-corrected chi connectivity index (χ4v) is 4.30. The summed E-state index contributed by atoms with van der Waals surface area (Å²) in [6.45, 7) is 9.74. The number of rotatable bonds is 6. The summed E-state index contributed by atoms with van der Waals surface area (Å²) < 4.78 is 7.93. The average Bonchev–Trinajstić information content (AvgIpc) is 3.26. The van der Waals surface area contributed by atoms with E-state index >= 15 is 0 Å². The third-order valence-electron chi connectivity index (χ3n) is 6.01. The molecule has 0 spiro atoms. The van der Waals surface area contributed by atoms with Crippen LogP contribution in [0, 0.1) is 0 Å². The first-order chi connectivity index (χ1) is 16.1. The largest absolute Gasteiger partial charge is 0.457 e. The third-order valence-corrected chi connectivity index (χ3v) is 6.01. The Labute approximate surface area is 192 Å². The van der Waals surface area contributed by atoms with Gasteiger partial charge >= 0.3 is 0 Å². The molecule has 7 nitrogen and oxygen atoms in total. The maximum atomic E-state index is 6.30. The molecule has 1 fully saturated rings. The molecule has 4 aromatic rings. The maximum absolute atomic E-state index is 6.30. The molecule has 33 heavy (non-hydrogen) atoms. The van der Waals surface area contributed by atoms with E-state index in [0.29, 0.717) is 5.82 Å². The lowest BCUT2D eigenvalue weighted by molar-refractivity contribution is 0.218. The van der Waals surface area contributed by atoms with Crippen LogP contribution < -0.4 is 10.5 Å². The summed E-state index contributed by atoms with van der Waals surface area (Å²) in [7, 11) is 0. The second kappa shape index (κ2) is 8.78. The van der Waals surface area contributed by atoms with E-state index in [1.807, 2.05) is 59.3 Å². The Balaban J connectivity index is 1.50. The molecular formula is C26H26N6O. The number of piperidine rings is 1. The van der Waals surface area contributed by atoms with E-state index < -0.39 is 0 Å². The van der Waals surface area contributed by atoms with Crippen LogP contribution >= 0.6 is 0 Å². The van der Waals surface area contributed by atoms with E-state index in [0.717, 1.165) is 65.4 Å². The highest BCUT2D eigenvalue weighted by Gasteiger charge is 2.26. The highest BCUT2D eigenvalue weighted by atomic mass is 16.5. The smallest absolute Gasteiger partial charge is 0.164 e. The second-order valence-electron chi connectivity index (χ2n) is 8.13. The number of aromatic nitrogens is 4. The average molecular weight is 439 g/mol. The van der Waals surface area contributed by atoms with E-state index in [1.165, 1.54) is 6.33 Å². The number of fused-ring (bicyclic) bond motifs is 1. The van der Waals surface area contributed by atoms with Gasteiger partial charge in [0.1, 0.15) is 29.3 Å². The maximum Gasteiger partial charge on any atom is 0.164 e. The normalized spacial score (nSPS) is 16.0. The number of ether oxygens (including phenoxy) is 1. The summed E-state index contributed by atoms with van der Waals surface area (Å²) >= 11 is 0. The van der Waals surface area contributed by atoms with Crippen LogP contribution in [0.2, 0.25) is 0 Å². The SMILES string of the molecule is C=CC(=C)N1CCC[C@@H](n2nc(-c3ccc(Oc4ccccc4)cc3)c3c(N)ncnc32)C1. The molecule has 2 aromatic carbocycles. The Bertz CT molecular complexity index is 1300. The zero-order valence-corrected chi connectivity index (χ0v) is 18.4. The number of para-hydroxylation sites is 1. The molecule has 0 aliphatic carbocycles. The molecule has 5 rings (SSSR count). The predicted octanol–water partition coefficient (Wildman–Crippen LogP) is 5.20. The van der Waals surface area contributed by atoms with Crippen molar-refractivity contribution in [1.29, 1.82) is 0 Å². The lowest BCUT2D eigenvalue weighted by atomic mass is 10.1. The van der Waals surface area contributed by atoms with Gasteiger partial charge in [-0.3, -0.25) is 0 Å². The van der Waals surface area contributed by atoms with E-state index in [4.69, 9.17) is 15.6 Å². The van der Waals surface area contributed by atoms with Crippen LogP contribution in [0.5, 0.6) is 11.5 Å². The summed E-state index contributed by atoms with van der Waals surface area (Å²) in [6, 6.07) is 17.7. The van der Waals surface area contributed by atoms with Crippen LogP contribution in [0.3, 0.4) is 0 Å². The minimum atomic E-state index is 0.154. The zero-order valence-electron chi connectivity index (χ0n) is 18.4. The topological polar surface area (TPSA) is 82.1 Å². The van der Waals surface area contributed by atoms with Gasteiger partial charge in [0.15, 0.2) is 5.65 Å². The number of benzene rings is 2. The third kappa shape index (κ3) is 4.05. The van der Waals surface area contributed by atoms with Crippen LogP contribution in [-0.2, 0) is 0 Å². The standard InChI is InChI=1S/C26H26N6O/c1-3-18(2)31-15-7-8-20(16-31)32-26-23(25(27)28-17-29-26)24(30-32)19-11-13-22(14-12-19)33-21-9-5-4-6-10-21/h3-6,9-14,17,20H,1-2,7-8,15-16H2,(H2,27,28,29)/t20-/m1/s1. The van der Waals surface area contributed by atoms with Crippen LogP contribution in [0.25, 0.3) is 22.3 Å². The van der Waals surface area contributed by atoms with Gasteiger partial charge in [-0.1, -0.05) is 31.4 Å². The number of likely N-dealkylation sites (tertiary alicyclic amines) is 1. The quantitative estimate of drug-likeness (QED) is 0.417. The summed E-state index contributed by atoms with van der Waals surface area (Å²) in [5.74, 6) is 1.97. The number of nitrogens with zero attached hydrogens (tertiary/aromatic N) is 5. The van der Waals surface area contributed by atoms with Crippen molar-refractivity contribution in [3.8, 4) is 22.8 Å². The molecule has 3 heterocycles. The van der Waals surface area contributed by atoms with Crippen LogP contribution in [-0.4, -0.2) is 37.7 Å². The van der Waals surface area contributed by atoms with Gasteiger partial charge < -0.3 is 15.4 Å². The van der Waals surface area contributed by atoms with Gasteiger partial charge in [-0.2, -0.15) is 5.10 Å². The first kappa shape index (κ1) is 20.8. The number of allylic oxidation sites excluding steroid dienone is 1. The first-order valence-electron chi connectivity index (χ1n) is 11.0. The molecule has 0 radical (unpaired) electrons. The van der Waals surface area contributed by atoms with E-state index in [1.54, 1.807) is 6.08 Å². The van der Waals surface area contributed by atoms with E-state index in [9.17, 15) is 0 Å². The Morgan fingerprint density at radius 3 is 2.58 bits per heavy atom. The zero-order chi connectivity index (χ0) is 22.8. The van der Waals surface area contributed by atoms with Crippen molar-refractivity contribution in [2.45, 2.75) is 18.9 Å². The minimum absolute atomic E-state index is 0.154. The number of nitrogens with two attached hydrogens (primary N) is 1. The minimum Gasteiger partial charge on any atom is -0.457 e. The number of anilines is 1. The lowest BCUT2D eigenvalue weighted by Gasteiger charge is -2.34. The molecule has 2 N–H and O–H groups in total. The summed E-state index contributed by atoms with van der Waals surface area (Å²) in [5, 5.41) is 5.76. The van der Waals surface area contributed by atoms with Crippen molar-refractivity contribution in [3.05, 3.63) is 85.9 Å². The number of hydrogen-bond acceptors (Lipinski definition) is 6. The Hall–Kier alpha value is -4.13. The van der Waals surface area contributed by atoms with Crippen molar-refractivity contribution in [3.63, 3.8) is 0 Å². The lowest BCUT2D eigenvalue weighted by Crippen LogP contribution is -2.35. The molecule has 0 unspecified atom stereocenters. The summed E-state index contributed by atoms with van der Waals surface area (Å²) in [5.41, 5.74) is 9.68. The van der Waals surface area contributed by atoms with Crippen LogP contribution in [0.4, 0.5) is 5.82 Å². The summed E-state index contributed by atoms with van der Waals surface area (Å²) in [6.07, 6.45) is 5.35. The molecule has 1 atom stereocenters. The fraction of sp³-hybridized carbons (Fsp3) is 0.192. The molecule has 0 amide bonds. The van der Waals surface area contributed by atoms with Gasteiger partial charge in [0.25, 0.3) is 0 Å². The van der Waals surface area contributed by atoms with Gasteiger partial charge in [-0.25, -0.2) is 14.6 Å². The van der Waals surface area contributed by atoms with Gasteiger partial charge in [0.2, 0.25) is 0 Å². The van der Waals surface area contributed by atoms with Crippen LogP contribution in [0.1, 0.15) is 18.9 Å². The van der Waals surface area contributed by atoms with E-state index in [2.05, 4.69) is 28.0 Å². The van der Waals surface area contributed by atoms with Crippen molar-refractivity contribution < 1.29 is 4.74 Å². The van der Waals surface area contributed by atoms with E-state index in [-0.39, 0.29) is 6.04 Å². The molecule has 2 aromatic heterocycles. The first-order valence-corrected chi connectivity index (χ1v) is 11.0. The molecule has 1 aliphatic heterocycles. The van der Waals surface area contributed by atoms with Crippen molar-refractivity contribution in [2.24, 2.45) is 0 Å². The van der Waals surface area contributed by atoms with Crippen LogP contribution in [0.15, 0.2) is 85.9 Å². The molecule has 0 saturated carbocycles. The van der Waals surface area contributed by atoms with Gasteiger partial charge in [-0.05, 0) is 55.3 Å². The molecule has 1 saturated heterocycles. The molecule has 1 aliphatic rings. The number of nitrogen functional groups attached to an aromatic ring is 1. The van der Waals surface area contributed by atoms with Gasteiger partial charge in [-0.15, -0.1) is 0 Å². The van der Waals surface area contributed by atoms with Crippen molar-refractivity contribution in [1.82, 2.24) is 24.6 Å². The van der Waals surface area contributed by atoms with Crippen molar-refractivity contribution in [2.75, 3.05) is 18.8 Å².